The van der Waals surface area contributed by atoms with Crippen LogP contribution in [0.1, 0.15) is 50.0 Å². The second kappa shape index (κ2) is 11.1. The van der Waals surface area contributed by atoms with Gasteiger partial charge in [-0.05, 0) is 75.3 Å². The summed E-state index contributed by atoms with van der Waals surface area (Å²) in [7, 11) is 4.09. The van der Waals surface area contributed by atoms with Crippen molar-refractivity contribution >= 4 is 45.0 Å². The smallest absolute Gasteiger partial charge is 0.260 e. The molecular weight excluding hydrogens is 442 g/mol. The average Bonchev–Trinajstić information content (AvgIpc) is 3.13. The van der Waals surface area contributed by atoms with Crippen LogP contribution >= 0.6 is 23.7 Å². The van der Waals surface area contributed by atoms with E-state index in [1.807, 2.05) is 56.3 Å². The number of hydrogen-bond acceptors (Lipinski definition) is 5. The van der Waals surface area contributed by atoms with Crippen molar-refractivity contribution in [2.75, 3.05) is 38.7 Å². The van der Waals surface area contributed by atoms with Gasteiger partial charge in [0, 0.05) is 12.1 Å². The molecule has 1 aromatic heterocycles. The van der Waals surface area contributed by atoms with Crippen LogP contribution in [0.5, 0.6) is 5.75 Å². The fraction of sp³-hybridized carbons (Fsp3) is 0.440. The van der Waals surface area contributed by atoms with E-state index in [1.165, 1.54) is 16.9 Å². The molecule has 0 fully saturated rings. The SMILES string of the molecule is CCOc1ccc2nc(N(CCCN(C)C)C(=O)c3ccc(C(C)(C)C)cc3)sc2c1.Cl. The molecule has 5 nitrogen and oxygen atoms in total. The number of rotatable bonds is 8. The molecule has 7 heteroatoms. The Morgan fingerprint density at radius 3 is 2.34 bits per heavy atom. The van der Waals surface area contributed by atoms with Crippen molar-refractivity contribution in [1.82, 2.24) is 9.88 Å². The summed E-state index contributed by atoms with van der Waals surface area (Å²) in [6.07, 6.45) is 0.874. The molecule has 0 bridgehead atoms. The zero-order valence-corrected chi connectivity index (χ0v) is 21.5. The number of anilines is 1. The number of nitrogens with zero attached hydrogens (tertiary/aromatic N) is 3. The summed E-state index contributed by atoms with van der Waals surface area (Å²) < 4.78 is 6.65. The molecule has 1 heterocycles. The van der Waals surface area contributed by atoms with Gasteiger partial charge in [0.2, 0.25) is 0 Å². The van der Waals surface area contributed by atoms with Crippen LogP contribution in [-0.2, 0) is 5.41 Å². The predicted octanol–water partition coefficient (Wildman–Crippen LogP) is 6.01. The van der Waals surface area contributed by atoms with Gasteiger partial charge in [-0.2, -0.15) is 0 Å². The van der Waals surface area contributed by atoms with Crippen LogP contribution in [-0.4, -0.2) is 49.6 Å². The normalized spacial score (nSPS) is 11.5. The van der Waals surface area contributed by atoms with Crippen molar-refractivity contribution in [3.63, 3.8) is 0 Å². The Balaban J connectivity index is 0.00000363. The monoisotopic (exact) mass is 475 g/mol. The third kappa shape index (κ3) is 6.44. The molecule has 0 spiro atoms. The molecule has 32 heavy (non-hydrogen) atoms. The molecule has 3 aromatic rings. The lowest BCUT2D eigenvalue weighted by Crippen LogP contribution is -2.33. The van der Waals surface area contributed by atoms with Gasteiger partial charge in [0.1, 0.15) is 5.75 Å². The summed E-state index contributed by atoms with van der Waals surface area (Å²) in [5.74, 6) is 0.816. The number of carbonyl (C=O) groups excluding carboxylic acids is 1. The summed E-state index contributed by atoms with van der Waals surface area (Å²) in [6.45, 7) is 10.6. The van der Waals surface area contributed by atoms with Gasteiger partial charge in [-0.1, -0.05) is 44.2 Å². The van der Waals surface area contributed by atoms with Crippen molar-refractivity contribution in [2.24, 2.45) is 0 Å². The van der Waals surface area contributed by atoms with Crippen LogP contribution in [0.2, 0.25) is 0 Å². The number of benzene rings is 2. The van der Waals surface area contributed by atoms with Gasteiger partial charge >= 0.3 is 0 Å². The number of carbonyl (C=O) groups is 1. The summed E-state index contributed by atoms with van der Waals surface area (Å²) >= 11 is 1.54. The third-order valence-electron chi connectivity index (χ3n) is 5.12. The van der Waals surface area contributed by atoms with E-state index in [9.17, 15) is 4.79 Å². The van der Waals surface area contributed by atoms with Crippen molar-refractivity contribution in [3.8, 4) is 5.75 Å². The van der Waals surface area contributed by atoms with Crippen LogP contribution in [0.3, 0.4) is 0 Å². The highest BCUT2D eigenvalue weighted by Crippen LogP contribution is 2.32. The van der Waals surface area contributed by atoms with Gasteiger partial charge in [0.15, 0.2) is 5.13 Å². The van der Waals surface area contributed by atoms with E-state index in [2.05, 4.69) is 37.8 Å². The van der Waals surface area contributed by atoms with E-state index in [1.54, 1.807) is 0 Å². The summed E-state index contributed by atoms with van der Waals surface area (Å²) in [5.41, 5.74) is 2.84. The first kappa shape index (κ1) is 26.1. The minimum atomic E-state index is -0.0108. The molecule has 0 aliphatic heterocycles. The van der Waals surface area contributed by atoms with Crippen molar-refractivity contribution in [2.45, 2.75) is 39.5 Å². The highest BCUT2D eigenvalue weighted by atomic mass is 35.5. The molecule has 0 aliphatic rings. The Morgan fingerprint density at radius 1 is 1.06 bits per heavy atom. The van der Waals surface area contributed by atoms with Gasteiger partial charge in [-0.3, -0.25) is 9.69 Å². The van der Waals surface area contributed by atoms with E-state index in [0.29, 0.717) is 18.7 Å². The lowest BCUT2D eigenvalue weighted by molar-refractivity contribution is 0.0986. The minimum absolute atomic E-state index is 0. The highest BCUT2D eigenvalue weighted by Gasteiger charge is 2.22. The van der Waals surface area contributed by atoms with Crippen LogP contribution in [0.15, 0.2) is 42.5 Å². The Bertz CT molecular complexity index is 1030. The van der Waals surface area contributed by atoms with E-state index >= 15 is 0 Å². The number of halogens is 1. The fourth-order valence-electron chi connectivity index (χ4n) is 3.36. The minimum Gasteiger partial charge on any atom is -0.494 e. The molecule has 0 saturated carbocycles. The molecule has 174 valence electrons. The number of hydrogen-bond donors (Lipinski definition) is 0. The maximum Gasteiger partial charge on any atom is 0.260 e. The maximum atomic E-state index is 13.5. The summed E-state index contributed by atoms with van der Waals surface area (Å²) in [6, 6.07) is 13.9. The third-order valence-corrected chi connectivity index (χ3v) is 6.16. The Kier molecular flexibility index (Phi) is 9.08. The first-order valence-electron chi connectivity index (χ1n) is 10.8. The lowest BCUT2D eigenvalue weighted by Gasteiger charge is -2.22. The number of fused-ring (bicyclic) bond motifs is 1. The number of amides is 1. The molecule has 1 amide bonds. The molecule has 0 saturated heterocycles. The number of thiazole rings is 1. The first-order chi connectivity index (χ1) is 14.7. The van der Waals surface area contributed by atoms with E-state index in [4.69, 9.17) is 9.72 Å². The summed E-state index contributed by atoms with van der Waals surface area (Å²) in [4.78, 5) is 22.2. The van der Waals surface area contributed by atoms with Gasteiger partial charge in [0.25, 0.3) is 5.91 Å². The Labute approximate surface area is 201 Å². The number of aromatic nitrogens is 1. The van der Waals surface area contributed by atoms with E-state index < -0.39 is 0 Å². The predicted molar refractivity (Wildman–Crippen MR) is 138 cm³/mol. The van der Waals surface area contributed by atoms with Crippen molar-refractivity contribution in [1.29, 1.82) is 0 Å². The average molecular weight is 476 g/mol. The molecule has 0 aliphatic carbocycles. The van der Waals surface area contributed by atoms with Crippen LogP contribution in [0, 0.1) is 0 Å². The largest absolute Gasteiger partial charge is 0.494 e. The quantitative estimate of drug-likeness (QED) is 0.400. The molecule has 0 radical (unpaired) electrons. The summed E-state index contributed by atoms with van der Waals surface area (Å²) in [5, 5.41) is 0.729. The number of ether oxygens (including phenoxy) is 1. The molecule has 2 aromatic carbocycles. The second-order valence-corrected chi connectivity index (χ2v) is 10.0. The fourth-order valence-corrected chi connectivity index (χ4v) is 4.38. The van der Waals surface area contributed by atoms with Crippen molar-refractivity contribution in [3.05, 3.63) is 53.6 Å². The highest BCUT2D eigenvalue weighted by molar-refractivity contribution is 7.22. The van der Waals surface area contributed by atoms with E-state index in [0.717, 1.165) is 34.1 Å². The first-order valence-corrected chi connectivity index (χ1v) is 11.6. The maximum absolute atomic E-state index is 13.5. The Hall–Kier alpha value is -2.15. The molecule has 0 atom stereocenters. The second-order valence-electron chi connectivity index (χ2n) is 9.00. The van der Waals surface area contributed by atoms with E-state index in [-0.39, 0.29) is 23.7 Å². The van der Waals surface area contributed by atoms with Crippen LogP contribution in [0.25, 0.3) is 10.2 Å². The van der Waals surface area contributed by atoms with Crippen molar-refractivity contribution < 1.29 is 9.53 Å². The molecular formula is C25H34ClN3O2S. The van der Waals surface area contributed by atoms with Gasteiger partial charge in [0.05, 0.1) is 16.8 Å². The lowest BCUT2D eigenvalue weighted by atomic mass is 9.86. The van der Waals surface area contributed by atoms with Crippen LogP contribution in [0.4, 0.5) is 5.13 Å². The Morgan fingerprint density at radius 2 is 1.75 bits per heavy atom. The topological polar surface area (TPSA) is 45.7 Å². The zero-order valence-electron chi connectivity index (χ0n) is 19.8. The molecule has 0 unspecified atom stereocenters. The van der Waals surface area contributed by atoms with Gasteiger partial charge in [-0.25, -0.2) is 4.98 Å². The molecule has 0 N–H and O–H groups in total. The van der Waals surface area contributed by atoms with Gasteiger partial charge < -0.3 is 9.64 Å². The van der Waals surface area contributed by atoms with Gasteiger partial charge in [-0.15, -0.1) is 12.4 Å². The zero-order chi connectivity index (χ0) is 22.6. The standard InChI is InChI=1S/C25H33N3O2S.ClH/c1-7-30-20-13-14-21-22(17-20)31-24(26-21)28(16-8-15-27(5)6)23(29)18-9-11-19(12-10-18)25(2,3)4;/h9-14,17H,7-8,15-16H2,1-6H3;1H. The van der Waals surface area contributed by atoms with Crippen LogP contribution < -0.4 is 9.64 Å². The molecule has 3 rings (SSSR count).